The van der Waals surface area contributed by atoms with Crippen molar-refractivity contribution in [2.24, 2.45) is 0 Å². The van der Waals surface area contributed by atoms with Crippen molar-refractivity contribution in [1.82, 2.24) is 0 Å². The van der Waals surface area contributed by atoms with Gasteiger partial charge in [-0.05, 0) is 0 Å². The predicted molar refractivity (Wildman–Crippen MR) is 24.3 cm³/mol. The van der Waals surface area contributed by atoms with E-state index in [-0.39, 0.29) is 69.9 Å². The molecule has 0 saturated carbocycles. The molecule has 0 N–H and O–H groups in total. The van der Waals surface area contributed by atoms with Gasteiger partial charge in [0.1, 0.15) is 0 Å². The standard InChI is InChI=1S/BH3.ClH.Na.Zn.H/h1H3;1H;;;. The molecule has 0 atom stereocenters. The molecule has 0 aromatic rings. The van der Waals surface area contributed by atoms with E-state index in [2.05, 4.69) is 0 Å². The van der Waals surface area contributed by atoms with Crippen molar-refractivity contribution in [2.75, 3.05) is 0 Å². The van der Waals surface area contributed by atoms with Crippen LogP contribution in [0, 0.1) is 0 Å². The van der Waals surface area contributed by atoms with Gasteiger partial charge in [0.15, 0.2) is 0 Å². The maximum atomic E-state index is 0. The zero-order chi connectivity index (χ0) is 0. The summed E-state index contributed by atoms with van der Waals surface area (Å²) >= 11 is 0. The predicted octanol–water partition coefficient (Wildman–Crippen LogP) is -1.41. The zero-order valence-corrected chi connectivity index (χ0v) is 4.90. The molecule has 4 heavy (non-hydrogen) atoms. The summed E-state index contributed by atoms with van der Waals surface area (Å²) in [5.74, 6) is 0. The SMILES string of the molecule is B.Cl.[NaH].[Zn]. The third-order valence-electron chi connectivity index (χ3n) is 0. The Morgan fingerprint density at radius 2 is 1.00 bits per heavy atom. The first-order valence-electron chi connectivity index (χ1n) is 0. The second-order valence-corrected chi connectivity index (χ2v) is 0. The van der Waals surface area contributed by atoms with Gasteiger partial charge in [0.05, 0.1) is 8.41 Å². The van der Waals surface area contributed by atoms with E-state index in [0.29, 0.717) is 0 Å². The van der Waals surface area contributed by atoms with E-state index >= 15 is 0 Å². The van der Waals surface area contributed by atoms with E-state index in [9.17, 15) is 0 Å². The van der Waals surface area contributed by atoms with E-state index in [1.165, 1.54) is 0 Å². The van der Waals surface area contributed by atoms with Gasteiger partial charge in [-0.25, -0.2) is 0 Å². The van der Waals surface area contributed by atoms with Crippen LogP contribution in [0.25, 0.3) is 0 Å². The Balaban J connectivity index is 0. The number of hydrogen-bond acceptors (Lipinski definition) is 0. The van der Waals surface area contributed by atoms with Crippen molar-refractivity contribution in [1.29, 1.82) is 0 Å². The van der Waals surface area contributed by atoms with Gasteiger partial charge in [-0.3, -0.25) is 0 Å². The first-order chi connectivity index (χ1) is 0. The topological polar surface area (TPSA) is 0 Å². The van der Waals surface area contributed by atoms with E-state index < -0.39 is 0 Å². The summed E-state index contributed by atoms with van der Waals surface area (Å²) in [5.41, 5.74) is 0. The van der Waals surface area contributed by atoms with E-state index in [0.717, 1.165) is 0 Å². The Kier molecular flexibility index (Phi) is 191. The second-order valence-electron chi connectivity index (χ2n) is 0. The second kappa shape index (κ2) is 20.1. The third kappa shape index (κ3) is 9.02. The molecule has 0 unspecified atom stereocenters. The Morgan fingerprint density at radius 3 is 1.00 bits per heavy atom. The summed E-state index contributed by atoms with van der Waals surface area (Å²) in [6.45, 7) is 0. The summed E-state index contributed by atoms with van der Waals surface area (Å²) in [4.78, 5) is 0. The van der Waals surface area contributed by atoms with E-state index in [1.807, 2.05) is 0 Å². The molecule has 18 valence electrons. The van der Waals surface area contributed by atoms with Crippen molar-refractivity contribution in [3.63, 3.8) is 0 Å². The summed E-state index contributed by atoms with van der Waals surface area (Å²) in [7, 11) is 0. The molecule has 0 aliphatic rings. The molecule has 0 amide bonds. The number of halogens is 1. The molecular formula is H5BClNaZn. The van der Waals surface area contributed by atoms with Gasteiger partial charge in [-0.2, -0.15) is 0 Å². The molecule has 0 aromatic carbocycles. The van der Waals surface area contributed by atoms with Crippen molar-refractivity contribution in [2.45, 2.75) is 0 Å². The summed E-state index contributed by atoms with van der Waals surface area (Å²) < 4.78 is 0. The number of hydrogen-bond donors (Lipinski definition) is 0. The fourth-order valence-corrected chi connectivity index (χ4v) is 0. The Bertz CT molecular complexity index is 8.00. The van der Waals surface area contributed by atoms with Crippen molar-refractivity contribution in [3.05, 3.63) is 0 Å². The van der Waals surface area contributed by atoms with Crippen LogP contribution in [0.15, 0.2) is 0 Å². The first-order valence-corrected chi connectivity index (χ1v) is 0. The van der Waals surface area contributed by atoms with Crippen LogP contribution >= 0.6 is 12.4 Å². The van der Waals surface area contributed by atoms with Crippen LogP contribution in [0.5, 0.6) is 0 Å². The zero-order valence-electron chi connectivity index (χ0n) is 1.12. The Hall–Kier alpha value is 1.98. The molecule has 0 fully saturated rings. The molecular weight excluding hydrogens is 135 g/mol. The van der Waals surface area contributed by atoms with Crippen LogP contribution in [-0.4, -0.2) is 38.0 Å². The van der Waals surface area contributed by atoms with Crippen LogP contribution in [-0.2, 0) is 19.5 Å². The van der Waals surface area contributed by atoms with Gasteiger partial charge in [0.25, 0.3) is 0 Å². The van der Waals surface area contributed by atoms with Crippen molar-refractivity contribution in [3.8, 4) is 0 Å². The molecule has 0 rings (SSSR count). The van der Waals surface area contributed by atoms with Crippen molar-refractivity contribution < 1.29 is 19.5 Å². The molecule has 0 nitrogen and oxygen atoms in total. The van der Waals surface area contributed by atoms with Gasteiger partial charge in [0.2, 0.25) is 0 Å². The molecule has 0 heterocycles. The molecule has 0 spiro atoms. The van der Waals surface area contributed by atoms with E-state index in [1.54, 1.807) is 0 Å². The molecule has 4 heteroatoms. The minimum atomic E-state index is 0. The van der Waals surface area contributed by atoms with Crippen LogP contribution in [0.1, 0.15) is 0 Å². The van der Waals surface area contributed by atoms with Gasteiger partial charge in [-0.1, -0.05) is 0 Å². The van der Waals surface area contributed by atoms with Gasteiger partial charge >= 0.3 is 29.6 Å². The molecule has 0 bridgehead atoms. The molecule has 0 aromatic heterocycles. The molecule has 0 saturated heterocycles. The van der Waals surface area contributed by atoms with Crippen LogP contribution in [0.3, 0.4) is 0 Å². The largest absolute Gasteiger partial charge is 0 e. The normalized spacial score (nSPS) is 0. The maximum Gasteiger partial charge on any atom is 0 e. The Morgan fingerprint density at radius 1 is 1.00 bits per heavy atom. The maximum absolute atomic E-state index is 0. The first kappa shape index (κ1) is 37.9. The fourth-order valence-electron chi connectivity index (χ4n) is 0. The molecule has 0 aliphatic heterocycles. The monoisotopic (exact) mass is 138 g/mol. The minimum absolute atomic E-state index is 0. The fraction of sp³-hybridized carbons (Fsp3) is 0. The summed E-state index contributed by atoms with van der Waals surface area (Å²) in [6, 6.07) is 0. The smallest absolute Gasteiger partial charge is 0 e. The minimum Gasteiger partial charge on any atom is 0 e. The quantitative estimate of drug-likeness (QED) is 0.362. The molecule has 0 radical (unpaired) electrons. The van der Waals surface area contributed by atoms with Gasteiger partial charge in [0, 0.05) is 19.5 Å². The number of rotatable bonds is 0. The van der Waals surface area contributed by atoms with Gasteiger partial charge < -0.3 is 0 Å². The van der Waals surface area contributed by atoms with Gasteiger partial charge in [-0.15, -0.1) is 12.4 Å². The third-order valence-corrected chi connectivity index (χ3v) is 0. The average Bonchev–Trinajstić information content (AvgIpc) is 0. The van der Waals surface area contributed by atoms with Crippen LogP contribution in [0.4, 0.5) is 0 Å². The van der Waals surface area contributed by atoms with Crippen molar-refractivity contribution >= 4 is 50.4 Å². The van der Waals surface area contributed by atoms with Crippen LogP contribution < -0.4 is 0 Å². The average molecular weight is 140 g/mol. The Labute approximate surface area is 69.1 Å². The van der Waals surface area contributed by atoms with Crippen LogP contribution in [0.2, 0.25) is 0 Å². The summed E-state index contributed by atoms with van der Waals surface area (Å²) in [5, 5.41) is 0. The summed E-state index contributed by atoms with van der Waals surface area (Å²) in [6.07, 6.45) is 0. The van der Waals surface area contributed by atoms with E-state index in [4.69, 9.17) is 0 Å². The molecule has 0 aliphatic carbocycles.